The molecule has 29 heavy (non-hydrogen) atoms. The summed E-state index contributed by atoms with van der Waals surface area (Å²) in [6, 6.07) is 17.4. The lowest BCUT2D eigenvalue weighted by Gasteiger charge is -2.34. The van der Waals surface area contributed by atoms with E-state index in [0.29, 0.717) is 43.4 Å². The van der Waals surface area contributed by atoms with Gasteiger partial charge in [0.05, 0.1) is 4.90 Å². The number of amides is 1. The molecule has 0 radical (unpaired) electrons. The van der Waals surface area contributed by atoms with Crippen LogP contribution in [0.15, 0.2) is 59.5 Å². The van der Waals surface area contributed by atoms with Gasteiger partial charge < -0.3 is 4.90 Å². The molecule has 0 N–H and O–H groups in total. The third-order valence-electron chi connectivity index (χ3n) is 5.93. The molecule has 1 saturated heterocycles. The number of hydrogen-bond donors (Lipinski definition) is 0. The molecule has 0 unspecified atom stereocenters. The molecular weight excluding hydrogens is 384 g/mol. The first-order valence-electron chi connectivity index (χ1n) is 10.4. The lowest BCUT2D eigenvalue weighted by molar-refractivity contribution is -0.138. The highest BCUT2D eigenvalue weighted by molar-refractivity contribution is 7.89. The van der Waals surface area contributed by atoms with Gasteiger partial charge in [-0.05, 0) is 50.3 Å². The second-order valence-corrected chi connectivity index (χ2v) is 10.1. The minimum Gasteiger partial charge on any atom is -0.335 e. The van der Waals surface area contributed by atoms with Crippen LogP contribution in [-0.2, 0) is 21.4 Å². The van der Waals surface area contributed by atoms with Crippen LogP contribution in [0.2, 0.25) is 0 Å². The smallest absolute Gasteiger partial charge is 0.243 e. The molecule has 5 nitrogen and oxygen atoms in total. The van der Waals surface area contributed by atoms with Crippen molar-refractivity contribution in [1.82, 2.24) is 9.21 Å². The fourth-order valence-electron chi connectivity index (χ4n) is 3.99. The third kappa shape index (κ3) is 4.54. The first-order valence-corrected chi connectivity index (χ1v) is 11.8. The molecule has 4 rings (SSSR count). The van der Waals surface area contributed by atoms with Crippen LogP contribution < -0.4 is 0 Å². The highest BCUT2D eigenvalue weighted by Crippen LogP contribution is 2.32. The second kappa shape index (κ2) is 8.28. The van der Waals surface area contributed by atoms with Crippen molar-refractivity contribution in [2.24, 2.45) is 5.92 Å². The highest BCUT2D eigenvalue weighted by Gasteiger charge is 2.38. The molecule has 0 atom stereocenters. The molecule has 1 aliphatic heterocycles. The minimum absolute atomic E-state index is 0.0937. The Kier molecular flexibility index (Phi) is 5.74. The molecule has 2 fully saturated rings. The van der Waals surface area contributed by atoms with E-state index in [1.165, 1.54) is 4.31 Å². The first-order chi connectivity index (χ1) is 13.9. The number of carbonyl (C=O) groups is 1. The fraction of sp³-hybridized carbons (Fsp3) is 0.435. The number of nitrogens with zero attached hydrogens (tertiary/aromatic N) is 2. The van der Waals surface area contributed by atoms with Gasteiger partial charge in [-0.25, -0.2) is 8.42 Å². The standard InChI is InChI=1S/C23H28N2O3S/c1-18-7-11-22(12-8-18)29(27,28)24-15-13-20(14-16-24)23(26)25(21-9-10-21)17-19-5-3-2-4-6-19/h2-8,11-12,20-21H,9-10,13-17H2,1H3. The Morgan fingerprint density at radius 2 is 1.59 bits per heavy atom. The number of piperidine rings is 1. The van der Waals surface area contributed by atoms with Crippen molar-refractivity contribution >= 4 is 15.9 Å². The van der Waals surface area contributed by atoms with Crippen molar-refractivity contribution in [3.8, 4) is 0 Å². The van der Waals surface area contributed by atoms with Crippen molar-refractivity contribution in [3.05, 3.63) is 65.7 Å². The van der Waals surface area contributed by atoms with Crippen molar-refractivity contribution < 1.29 is 13.2 Å². The van der Waals surface area contributed by atoms with Gasteiger partial charge in [-0.3, -0.25) is 4.79 Å². The predicted molar refractivity (Wildman–Crippen MR) is 113 cm³/mol. The van der Waals surface area contributed by atoms with E-state index < -0.39 is 10.0 Å². The molecule has 1 heterocycles. The molecule has 0 spiro atoms. The van der Waals surface area contributed by atoms with Crippen molar-refractivity contribution in [1.29, 1.82) is 0 Å². The van der Waals surface area contributed by atoms with E-state index in [-0.39, 0.29) is 11.8 Å². The Hall–Kier alpha value is -2.18. The van der Waals surface area contributed by atoms with Crippen molar-refractivity contribution in [3.63, 3.8) is 0 Å². The number of aryl methyl sites for hydroxylation is 1. The highest BCUT2D eigenvalue weighted by atomic mass is 32.2. The minimum atomic E-state index is -3.49. The van der Waals surface area contributed by atoms with Gasteiger partial charge >= 0.3 is 0 Å². The first kappa shape index (κ1) is 20.1. The van der Waals surface area contributed by atoms with Crippen LogP contribution in [-0.4, -0.2) is 42.7 Å². The maximum absolute atomic E-state index is 13.2. The second-order valence-electron chi connectivity index (χ2n) is 8.17. The van der Waals surface area contributed by atoms with Gasteiger partial charge in [-0.1, -0.05) is 48.0 Å². The largest absolute Gasteiger partial charge is 0.335 e. The average molecular weight is 413 g/mol. The summed E-state index contributed by atoms with van der Waals surface area (Å²) in [6.45, 7) is 3.38. The summed E-state index contributed by atoms with van der Waals surface area (Å²) in [5, 5.41) is 0. The summed E-state index contributed by atoms with van der Waals surface area (Å²) >= 11 is 0. The van der Waals surface area contributed by atoms with Crippen LogP contribution >= 0.6 is 0 Å². The lowest BCUT2D eigenvalue weighted by atomic mass is 9.96. The van der Waals surface area contributed by atoms with Crippen LogP contribution in [0.3, 0.4) is 0 Å². The van der Waals surface area contributed by atoms with Gasteiger partial charge in [0.2, 0.25) is 15.9 Å². The van der Waals surface area contributed by atoms with Crippen molar-refractivity contribution in [2.45, 2.75) is 50.1 Å². The van der Waals surface area contributed by atoms with E-state index in [9.17, 15) is 13.2 Å². The van der Waals surface area contributed by atoms with E-state index in [1.807, 2.05) is 42.2 Å². The van der Waals surface area contributed by atoms with Crippen LogP contribution in [0, 0.1) is 12.8 Å². The van der Waals surface area contributed by atoms with Gasteiger partial charge in [0, 0.05) is 31.6 Å². The quantitative estimate of drug-likeness (QED) is 0.729. The Morgan fingerprint density at radius 3 is 2.17 bits per heavy atom. The Labute approximate surface area is 173 Å². The summed E-state index contributed by atoms with van der Waals surface area (Å²) in [7, 11) is -3.49. The van der Waals surface area contributed by atoms with Gasteiger partial charge in [-0.2, -0.15) is 4.31 Å². The van der Waals surface area contributed by atoms with E-state index in [2.05, 4.69) is 12.1 Å². The molecule has 1 amide bonds. The molecule has 1 saturated carbocycles. The molecule has 6 heteroatoms. The predicted octanol–water partition coefficient (Wildman–Crippen LogP) is 3.59. The molecule has 0 bridgehead atoms. The Bertz CT molecular complexity index is 945. The SMILES string of the molecule is Cc1ccc(S(=O)(=O)N2CCC(C(=O)N(Cc3ccccc3)C3CC3)CC2)cc1. The molecule has 2 aromatic carbocycles. The molecule has 154 valence electrons. The topological polar surface area (TPSA) is 57.7 Å². The van der Waals surface area contributed by atoms with E-state index in [4.69, 9.17) is 0 Å². The van der Waals surface area contributed by atoms with E-state index in [1.54, 1.807) is 12.1 Å². The number of sulfonamides is 1. The van der Waals surface area contributed by atoms with Gasteiger partial charge in [-0.15, -0.1) is 0 Å². The number of carbonyl (C=O) groups excluding carboxylic acids is 1. The van der Waals surface area contributed by atoms with E-state index in [0.717, 1.165) is 24.0 Å². The molecule has 2 aromatic rings. The van der Waals surface area contributed by atoms with Crippen LogP contribution in [0.1, 0.15) is 36.8 Å². The van der Waals surface area contributed by atoms with E-state index >= 15 is 0 Å². The fourth-order valence-corrected chi connectivity index (χ4v) is 5.46. The molecule has 0 aromatic heterocycles. The third-order valence-corrected chi connectivity index (χ3v) is 7.84. The zero-order valence-electron chi connectivity index (χ0n) is 16.8. The molecular formula is C23H28N2O3S. The maximum Gasteiger partial charge on any atom is 0.243 e. The molecule has 1 aliphatic carbocycles. The molecule has 2 aliphatic rings. The zero-order valence-corrected chi connectivity index (χ0v) is 17.6. The number of benzene rings is 2. The normalized spacial score (nSPS) is 18.5. The summed E-state index contributed by atoms with van der Waals surface area (Å²) in [5.41, 5.74) is 2.18. The summed E-state index contributed by atoms with van der Waals surface area (Å²) in [6.07, 6.45) is 3.31. The average Bonchev–Trinajstić information content (AvgIpc) is 3.58. The van der Waals surface area contributed by atoms with Gasteiger partial charge in [0.1, 0.15) is 0 Å². The van der Waals surface area contributed by atoms with Gasteiger partial charge in [0.25, 0.3) is 0 Å². The maximum atomic E-state index is 13.2. The summed E-state index contributed by atoms with van der Waals surface area (Å²) < 4.78 is 27.3. The number of hydrogen-bond acceptors (Lipinski definition) is 3. The van der Waals surface area contributed by atoms with Crippen LogP contribution in [0.4, 0.5) is 0 Å². The summed E-state index contributed by atoms with van der Waals surface area (Å²) in [4.78, 5) is 15.6. The van der Waals surface area contributed by atoms with Crippen LogP contribution in [0.25, 0.3) is 0 Å². The van der Waals surface area contributed by atoms with Crippen LogP contribution in [0.5, 0.6) is 0 Å². The summed E-state index contributed by atoms with van der Waals surface area (Å²) in [5.74, 6) is 0.0903. The van der Waals surface area contributed by atoms with Crippen molar-refractivity contribution in [2.75, 3.05) is 13.1 Å². The monoisotopic (exact) mass is 412 g/mol. The van der Waals surface area contributed by atoms with Gasteiger partial charge in [0.15, 0.2) is 0 Å². The Morgan fingerprint density at radius 1 is 0.966 bits per heavy atom. The number of rotatable bonds is 6. The zero-order chi connectivity index (χ0) is 20.4. The lowest BCUT2D eigenvalue weighted by Crippen LogP contribution is -2.44. The Balaban J connectivity index is 1.40.